The van der Waals surface area contributed by atoms with Crippen molar-refractivity contribution in [2.24, 2.45) is 0 Å². The summed E-state index contributed by atoms with van der Waals surface area (Å²) in [5.74, 6) is -1.64. The Hall–Kier alpha value is -1.14. The highest BCUT2D eigenvalue weighted by Crippen LogP contribution is 2.14. The number of nitrogens with zero attached hydrogens (tertiary/aromatic N) is 1. The maximum absolute atomic E-state index is 10.6. The van der Waals surface area contributed by atoms with Crippen molar-refractivity contribution in [3.63, 3.8) is 0 Å². The van der Waals surface area contributed by atoms with Crippen LogP contribution >= 0.6 is 0 Å². The average Bonchev–Trinajstić information content (AvgIpc) is 2.77. The molecule has 0 aromatic carbocycles. The first-order valence-corrected chi connectivity index (χ1v) is 6.35. The molecule has 0 aromatic rings. The largest absolute Gasteiger partial charge is 0.481 e. The van der Waals surface area contributed by atoms with Gasteiger partial charge in [-0.3, -0.25) is 9.59 Å². The second kappa shape index (κ2) is 8.05. The van der Waals surface area contributed by atoms with E-state index in [1.54, 1.807) is 0 Å². The molecule has 1 aliphatic heterocycles. The van der Waals surface area contributed by atoms with Crippen LogP contribution in [0.5, 0.6) is 0 Å². The number of ether oxygens (including phenoxy) is 1. The van der Waals surface area contributed by atoms with Gasteiger partial charge >= 0.3 is 11.9 Å². The van der Waals surface area contributed by atoms with Crippen LogP contribution in [0.4, 0.5) is 0 Å². The zero-order valence-electron chi connectivity index (χ0n) is 10.5. The van der Waals surface area contributed by atoms with E-state index in [0.717, 1.165) is 19.4 Å². The van der Waals surface area contributed by atoms with Crippen molar-refractivity contribution in [1.29, 1.82) is 0 Å². The molecule has 1 rings (SSSR count). The highest BCUT2D eigenvalue weighted by atomic mass is 16.5. The number of carbonyl (C=O) groups is 2. The molecule has 1 atom stereocenters. The van der Waals surface area contributed by atoms with Gasteiger partial charge in [-0.05, 0) is 25.8 Å². The van der Waals surface area contributed by atoms with E-state index in [0.29, 0.717) is 26.1 Å². The fraction of sp³-hybridized carbons (Fsp3) is 0.833. The van der Waals surface area contributed by atoms with Gasteiger partial charge in [0.25, 0.3) is 0 Å². The molecule has 1 heterocycles. The van der Waals surface area contributed by atoms with Crippen LogP contribution in [0, 0.1) is 0 Å². The lowest BCUT2D eigenvalue weighted by atomic mass is 10.2. The first-order chi connectivity index (χ1) is 8.58. The van der Waals surface area contributed by atoms with Crippen LogP contribution < -0.4 is 0 Å². The zero-order valence-corrected chi connectivity index (χ0v) is 10.5. The van der Waals surface area contributed by atoms with Crippen LogP contribution in [0.3, 0.4) is 0 Å². The molecule has 1 saturated heterocycles. The third-order valence-corrected chi connectivity index (χ3v) is 2.99. The predicted molar refractivity (Wildman–Crippen MR) is 64.5 cm³/mol. The number of carboxylic acids is 2. The van der Waals surface area contributed by atoms with Gasteiger partial charge < -0.3 is 19.8 Å². The maximum atomic E-state index is 10.6. The van der Waals surface area contributed by atoms with Crippen molar-refractivity contribution < 1.29 is 24.5 Å². The smallest absolute Gasteiger partial charge is 0.304 e. The molecule has 18 heavy (non-hydrogen) atoms. The Balaban J connectivity index is 2.30. The third-order valence-electron chi connectivity index (χ3n) is 2.99. The number of carboxylic acid groups (broad SMARTS) is 2. The monoisotopic (exact) mass is 259 g/mol. The van der Waals surface area contributed by atoms with Gasteiger partial charge in [0, 0.05) is 26.1 Å². The lowest BCUT2D eigenvalue weighted by Gasteiger charge is -2.24. The first kappa shape index (κ1) is 14.9. The predicted octanol–water partition coefficient (Wildman–Crippen LogP) is 0.807. The summed E-state index contributed by atoms with van der Waals surface area (Å²) in [5, 5.41) is 17.3. The SMILES string of the molecule is O=C(O)CCCN(CCC(=O)O)CC1CCCO1. The van der Waals surface area contributed by atoms with Crippen molar-refractivity contribution in [1.82, 2.24) is 4.90 Å². The highest BCUT2D eigenvalue weighted by Gasteiger charge is 2.19. The van der Waals surface area contributed by atoms with E-state index in [1.807, 2.05) is 4.90 Å². The van der Waals surface area contributed by atoms with E-state index in [2.05, 4.69) is 0 Å². The summed E-state index contributed by atoms with van der Waals surface area (Å²) in [6.07, 6.45) is 2.97. The summed E-state index contributed by atoms with van der Waals surface area (Å²) in [4.78, 5) is 23.0. The summed E-state index contributed by atoms with van der Waals surface area (Å²) < 4.78 is 5.51. The fourth-order valence-electron chi connectivity index (χ4n) is 2.08. The number of hydrogen-bond donors (Lipinski definition) is 2. The first-order valence-electron chi connectivity index (χ1n) is 6.35. The fourth-order valence-corrected chi connectivity index (χ4v) is 2.08. The normalized spacial score (nSPS) is 19.3. The minimum absolute atomic E-state index is 0.0831. The molecule has 1 fully saturated rings. The molecule has 0 spiro atoms. The van der Waals surface area contributed by atoms with Crippen LogP contribution in [-0.2, 0) is 14.3 Å². The maximum Gasteiger partial charge on any atom is 0.304 e. The van der Waals surface area contributed by atoms with Crippen LogP contribution in [-0.4, -0.2) is 59.4 Å². The molecule has 2 N–H and O–H groups in total. The summed E-state index contributed by atoms with van der Waals surface area (Å²) in [7, 11) is 0. The van der Waals surface area contributed by atoms with Crippen LogP contribution in [0.2, 0.25) is 0 Å². The summed E-state index contributed by atoms with van der Waals surface area (Å²) in [5.41, 5.74) is 0. The Bertz CT molecular complexity index is 276. The van der Waals surface area contributed by atoms with Crippen LogP contribution in [0.1, 0.15) is 32.1 Å². The van der Waals surface area contributed by atoms with Crippen LogP contribution in [0.25, 0.3) is 0 Å². The van der Waals surface area contributed by atoms with E-state index in [4.69, 9.17) is 14.9 Å². The van der Waals surface area contributed by atoms with Crippen molar-refractivity contribution in [2.75, 3.05) is 26.2 Å². The van der Waals surface area contributed by atoms with Gasteiger partial charge in [0.15, 0.2) is 0 Å². The Kier molecular flexibility index (Phi) is 6.67. The van der Waals surface area contributed by atoms with E-state index in [-0.39, 0.29) is 18.9 Å². The molecule has 0 aromatic heterocycles. The Labute approximate surface area is 107 Å². The van der Waals surface area contributed by atoms with Crippen molar-refractivity contribution in [2.45, 2.75) is 38.2 Å². The molecule has 0 saturated carbocycles. The molecule has 1 unspecified atom stereocenters. The second-order valence-electron chi connectivity index (χ2n) is 4.58. The molecular weight excluding hydrogens is 238 g/mol. The Morgan fingerprint density at radius 2 is 1.89 bits per heavy atom. The summed E-state index contributed by atoms with van der Waals surface area (Å²) >= 11 is 0. The van der Waals surface area contributed by atoms with E-state index in [1.165, 1.54) is 0 Å². The highest BCUT2D eigenvalue weighted by molar-refractivity contribution is 5.67. The standard InChI is InChI=1S/C12H21NO5/c14-11(15)4-1-6-13(7-5-12(16)17)9-10-3-2-8-18-10/h10H,1-9H2,(H,14,15)(H,16,17). The lowest BCUT2D eigenvalue weighted by Crippen LogP contribution is -2.35. The van der Waals surface area contributed by atoms with Crippen LogP contribution in [0.15, 0.2) is 0 Å². The van der Waals surface area contributed by atoms with Gasteiger partial charge in [-0.25, -0.2) is 0 Å². The number of rotatable bonds is 9. The molecule has 6 heteroatoms. The molecule has 104 valence electrons. The molecule has 6 nitrogen and oxygen atoms in total. The molecular formula is C12H21NO5. The molecule has 0 radical (unpaired) electrons. The van der Waals surface area contributed by atoms with Crippen molar-refractivity contribution in [3.05, 3.63) is 0 Å². The minimum Gasteiger partial charge on any atom is -0.481 e. The third kappa shape index (κ3) is 6.56. The topological polar surface area (TPSA) is 87.1 Å². The second-order valence-corrected chi connectivity index (χ2v) is 4.58. The van der Waals surface area contributed by atoms with Gasteiger partial charge in [-0.2, -0.15) is 0 Å². The quantitative estimate of drug-likeness (QED) is 0.637. The molecule has 0 amide bonds. The zero-order chi connectivity index (χ0) is 13.4. The van der Waals surface area contributed by atoms with Gasteiger partial charge in [0.1, 0.15) is 0 Å². The van der Waals surface area contributed by atoms with Gasteiger partial charge in [0.05, 0.1) is 12.5 Å². The van der Waals surface area contributed by atoms with Gasteiger partial charge in [-0.1, -0.05) is 0 Å². The lowest BCUT2D eigenvalue weighted by molar-refractivity contribution is -0.138. The molecule has 0 aliphatic carbocycles. The average molecular weight is 259 g/mol. The van der Waals surface area contributed by atoms with Gasteiger partial charge in [-0.15, -0.1) is 0 Å². The molecule has 1 aliphatic rings. The molecule has 0 bridgehead atoms. The summed E-state index contributed by atoms with van der Waals surface area (Å²) in [6, 6.07) is 0. The number of hydrogen-bond acceptors (Lipinski definition) is 4. The van der Waals surface area contributed by atoms with Gasteiger partial charge in [0.2, 0.25) is 0 Å². The minimum atomic E-state index is -0.828. The van der Waals surface area contributed by atoms with E-state index < -0.39 is 11.9 Å². The Morgan fingerprint density at radius 1 is 1.17 bits per heavy atom. The Morgan fingerprint density at radius 3 is 2.44 bits per heavy atom. The number of aliphatic carboxylic acids is 2. The van der Waals surface area contributed by atoms with Crippen molar-refractivity contribution >= 4 is 11.9 Å². The summed E-state index contributed by atoms with van der Waals surface area (Å²) in [6.45, 7) is 2.54. The van der Waals surface area contributed by atoms with Crippen molar-refractivity contribution in [3.8, 4) is 0 Å². The van der Waals surface area contributed by atoms with E-state index >= 15 is 0 Å². The van der Waals surface area contributed by atoms with E-state index in [9.17, 15) is 9.59 Å².